The van der Waals surface area contributed by atoms with E-state index in [1.54, 1.807) is 19.1 Å². The summed E-state index contributed by atoms with van der Waals surface area (Å²) in [4.78, 5) is 29.9. The van der Waals surface area contributed by atoms with E-state index in [0.29, 0.717) is 16.1 Å². The standard InChI is InChI=1S/C25H28N4O7S2/c1-15-22(36-14-21(30)31)24(25(32)33)37-23(15)16-4-3-5-18(12-16)27-17-8-10-29(11-9-17)20-7-6-19(13-26-20)28-38(2,34)35/h3-7,12-13,17,27-28H,8-11,14H2,1-2H3,(H,30,31)(H,32,33). The lowest BCUT2D eigenvalue weighted by Crippen LogP contribution is -2.39. The Bertz CT molecular complexity index is 1430. The molecule has 0 atom stereocenters. The minimum absolute atomic E-state index is 0.0294. The molecular weight excluding hydrogens is 532 g/mol. The maximum Gasteiger partial charge on any atom is 0.349 e. The average Bonchev–Trinajstić information content (AvgIpc) is 3.19. The Morgan fingerprint density at radius 2 is 1.89 bits per heavy atom. The zero-order valence-corrected chi connectivity index (χ0v) is 22.4. The molecule has 202 valence electrons. The molecule has 3 aromatic rings. The summed E-state index contributed by atoms with van der Waals surface area (Å²) in [6.07, 6.45) is 4.33. The number of aromatic carboxylic acids is 1. The summed E-state index contributed by atoms with van der Waals surface area (Å²) in [5.74, 6) is -1.48. The summed E-state index contributed by atoms with van der Waals surface area (Å²) < 4.78 is 30.5. The number of thiophene rings is 1. The molecule has 1 aliphatic heterocycles. The maximum absolute atomic E-state index is 11.7. The number of benzene rings is 1. The van der Waals surface area contributed by atoms with Crippen molar-refractivity contribution in [1.82, 2.24) is 4.98 Å². The van der Waals surface area contributed by atoms with Crippen LogP contribution in [-0.4, -0.2) is 67.5 Å². The number of nitrogens with one attached hydrogen (secondary N) is 2. The summed E-state index contributed by atoms with van der Waals surface area (Å²) in [5, 5.41) is 22.1. The van der Waals surface area contributed by atoms with Crippen molar-refractivity contribution in [1.29, 1.82) is 0 Å². The number of sulfonamides is 1. The molecule has 4 N–H and O–H groups in total. The third-order valence-corrected chi connectivity index (χ3v) is 7.91. The molecule has 11 nitrogen and oxygen atoms in total. The van der Waals surface area contributed by atoms with Crippen LogP contribution in [0.1, 0.15) is 28.1 Å². The van der Waals surface area contributed by atoms with Crippen LogP contribution >= 0.6 is 11.3 Å². The molecule has 0 spiro atoms. The van der Waals surface area contributed by atoms with E-state index in [2.05, 4.69) is 19.9 Å². The molecule has 13 heteroatoms. The first-order chi connectivity index (χ1) is 18.0. The van der Waals surface area contributed by atoms with Crippen LogP contribution in [0.3, 0.4) is 0 Å². The highest BCUT2D eigenvalue weighted by Crippen LogP contribution is 2.42. The predicted octanol–water partition coefficient (Wildman–Crippen LogP) is 3.73. The zero-order chi connectivity index (χ0) is 27.4. The van der Waals surface area contributed by atoms with Gasteiger partial charge in [-0.05, 0) is 49.6 Å². The number of hydrogen-bond acceptors (Lipinski definition) is 9. The van der Waals surface area contributed by atoms with E-state index in [9.17, 15) is 23.1 Å². The molecule has 0 radical (unpaired) electrons. The van der Waals surface area contributed by atoms with E-state index in [1.807, 2.05) is 24.3 Å². The van der Waals surface area contributed by atoms with E-state index < -0.39 is 28.6 Å². The number of rotatable bonds is 10. The van der Waals surface area contributed by atoms with Crippen LogP contribution in [0.2, 0.25) is 0 Å². The Kier molecular flexibility index (Phi) is 8.07. The van der Waals surface area contributed by atoms with Gasteiger partial charge in [0.25, 0.3) is 0 Å². The van der Waals surface area contributed by atoms with Crippen LogP contribution in [0.4, 0.5) is 17.2 Å². The first-order valence-corrected chi connectivity index (χ1v) is 14.5. The number of nitrogens with zero attached hydrogens (tertiary/aromatic N) is 2. The molecule has 38 heavy (non-hydrogen) atoms. The Hall–Kier alpha value is -3.84. The number of piperidine rings is 1. The first kappa shape index (κ1) is 27.2. The second-order valence-corrected chi connectivity index (χ2v) is 11.7. The van der Waals surface area contributed by atoms with Crippen molar-refractivity contribution in [3.8, 4) is 16.2 Å². The van der Waals surface area contributed by atoms with E-state index in [1.165, 1.54) is 6.20 Å². The lowest BCUT2D eigenvalue weighted by atomic mass is 10.0. The topological polar surface area (TPSA) is 158 Å². The number of carboxylic acids is 2. The number of anilines is 3. The van der Waals surface area contributed by atoms with Crippen LogP contribution < -0.4 is 19.7 Å². The number of carboxylic acid groups (broad SMARTS) is 2. The third kappa shape index (κ3) is 6.72. The van der Waals surface area contributed by atoms with Crippen LogP contribution in [0.25, 0.3) is 10.4 Å². The van der Waals surface area contributed by atoms with Gasteiger partial charge in [-0.25, -0.2) is 23.0 Å². The summed E-state index contributed by atoms with van der Waals surface area (Å²) >= 11 is 1.06. The van der Waals surface area contributed by atoms with Gasteiger partial charge >= 0.3 is 11.9 Å². The first-order valence-electron chi connectivity index (χ1n) is 11.8. The van der Waals surface area contributed by atoms with Gasteiger partial charge in [-0.2, -0.15) is 0 Å². The SMILES string of the molecule is Cc1c(-c2cccc(NC3CCN(c4ccc(NS(C)(=O)=O)cn4)CC3)c2)sc(C(=O)O)c1OCC(=O)O. The van der Waals surface area contributed by atoms with Crippen molar-refractivity contribution in [3.05, 3.63) is 53.0 Å². The lowest BCUT2D eigenvalue weighted by Gasteiger charge is -2.33. The fourth-order valence-corrected chi connectivity index (χ4v) is 5.94. The van der Waals surface area contributed by atoms with Crippen LogP contribution in [0.15, 0.2) is 42.6 Å². The molecule has 0 aliphatic carbocycles. The smallest absolute Gasteiger partial charge is 0.349 e. The molecule has 1 fully saturated rings. The predicted molar refractivity (Wildman–Crippen MR) is 146 cm³/mol. The zero-order valence-electron chi connectivity index (χ0n) is 20.8. The van der Waals surface area contributed by atoms with Gasteiger partial charge in [0.2, 0.25) is 10.0 Å². The minimum atomic E-state index is -3.35. The number of carbonyl (C=O) groups is 2. The Balaban J connectivity index is 1.41. The van der Waals surface area contributed by atoms with E-state index in [0.717, 1.165) is 60.6 Å². The minimum Gasteiger partial charge on any atom is -0.480 e. The van der Waals surface area contributed by atoms with Gasteiger partial charge in [0, 0.05) is 35.3 Å². The van der Waals surface area contributed by atoms with Gasteiger partial charge in [-0.15, -0.1) is 11.3 Å². The molecule has 1 aromatic carbocycles. The van der Waals surface area contributed by atoms with Gasteiger partial charge < -0.3 is 25.2 Å². The largest absolute Gasteiger partial charge is 0.480 e. The van der Waals surface area contributed by atoms with E-state index in [4.69, 9.17) is 9.84 Å². The quantitative estimate of drug-likeness (QED) is 0.288. The second kappa shape index (κ2) is 11.3. The summed E-state index contributed by atoms with van der Waals surface area (Å²) in [7, 11) is -3.35. The average molecular weight is 561 g/mol. The summed E-state index contributed by atoms with van der Waals surface area (Å²) in [6.45, 7) is 2.66. The molecule has 0 amide bonds. The molecule has 0 saturated carbocycles. The van der Waals surface area contributed by atoms with Crippen LogP contribution in [-0.2, 0) is 14.8 Å². The molecule has 0 bridgehead atoms. The third-order valence-electron chi connectivity index (χ3n) is 5.99. The van der Waals surface area contributed by atoms with Crippen molar-refractivity contribution in [2.45, 2.75) is 25.8 Å². The Labute approximate surface area is 224 Å². The van der Waals surface area contributed by atoms with Crippen molar-refractivity contribution in [2.75, 3.05) is 40.9 Å². The Morgan fingerprint density at radius 1 is 1.16 bits per heavy atom. The molecule has 4 rings (SSSR count). The fraction of sp³-hybridized carbons (Fsp3) is 0.320. The normalized spacial score (nSPS) is 14.2. The molecule has 2 aromatic heterocycles. The van der Waals surface area contributed by atoms with Gasteiger partial charge in [-0.3, -0.25) is 4.72 Å². The fourth-order valence-electron chi connectivity index (χ4n) is 4.31. The molecule has 3 heterocycles. The monoisotopic (exact) mass is 560 g/mol. The summed E-state index contributed by atoms with van der Waals surface area (Å²) in [6, 6.07) is 11.4. The molecule has 0 unspecified atom stereocenters. The van der Waals surface area contributed by atoms with E-state index in [-0.39, 0.29) is 16.7 Å². The molecular formula is C25H28N4O7S2. The van der Waals surface area contributed by atoms with Crippen molar-refractivity contribution >= 4 is 50.5 Å². The van der Waals surface area contributed by atoms with Gasteiger partial charge in [-0.1, -0.05) is 12.1 Å². The van der Waals surface area contributed by atoms with Gasteiger partial charge in [0.15, 0.2) is 11.5 Å². The highest BCUT2D eigenvalue weighted by atomic mass is 32.2. The number of hydrogen-bond donors (Lipinski definition) is 4. The highest BCUT2D eigenvalue weighted by Gasteiger charge is 2.24. The second-order valence-electron chi connectivity index (χ2n) is 8.97. The van der Waals surface area contributed by atoms with E-state index >= 15 is 0 Å². The van der Waals surface area contributed by atoms with Crippen molar-refractivity contribution in [3.63, 3.8) is 0 Å². The highest BCUT2D eigenvalue weighted by molar-refractivity contribution is 7.92. The van der Waals surface area contributed by atoms with Crippen molar-refractivity contribution in [2.24, 2.45) is 0 Å². The maximum atomic E-state index is 11.7. The Morgan fingerprint density at radius 3 is 2.50 bits per heavy atom. The summed E-state index contributed by atoms with van der Waals surface area (Å²) in [5.41, 5.74) is 2.72. The van der Waals surface area contributed by atoms with Crippen LogP contribution in [0, 0.1) is 6.92 Å². The lowest BCUT2D eigenvalue weighted by molar-refractivity contribution is -0.139. The number of aliphatic carboxylic acids is 1. The number of aromatic nitrogens is 1. The number of pyridine rings is 1. The van der Waals surface area contributed by atoms with Gasteiger partial charge in [0.1, 0.15) is 11.6 Å². The number of ether oxygens (including phenoxy) is 1. The molecule has 1 saturated heterocycles. The van der Waals surface area contributed by atoms with Gasteiger partial charge in [0.05, 0.1) is 18.1 Å². The van der Waals surface area contributed by atoms with Crippen LogP contribution in [0.5, 0.6) is 5.75 Å². The molecule has 1 aliphatic rings. The van der Waals surface area contributed by atoms with Crippen molar-refractivity contribution < 1.29 is 33.0 Å².